The number of benzene rings is 1. The van der Waals surface area contributed by atoms with Crippen molar-refractivity contribution >= 4 is 34.4 Å². The molecule has 4 rings (SSSR count). The number of amides is 2. The summed E-state index contributed by atoms with van der Waals surface area (Å²) in [5.41, 5.74) is 1.33. The van der Waals surface area contributed by atoms with Crippen LogP contribution in [0.2, 0.25) is 0 Å². The van der Waals surface area contributed by atoms with E-state index in [1.54, 1.807) is 18.2 Å². The molecule has 1 aromatic carbocycles. The highest BCUT2D eigenvalue weighted by atomic mass is 32.1. The quantitative estimate of drug-likeness (QED) is 0.876. The molecular weight excluding hydrogens is 316 g/mol. The molecule has 1 N–H and O–H groups in total. The molecule has 0 atom stereocenters. The molecular formula is C16H12N2O4S. The van der Waals surface area contributed by atoms with Crippen molar-refractivity contribution in [3.8, 4) is 11.5 Å². The Balaban J connectivity index is 1.75. The Morgan fingerprint density at radius 1 is 1.13 bits per heavy atom. The molecule has 0 unspecified atom stereocenters. The summed E-state index contributed by atoms with van der Waals surface area (Å²) in [6.45, 7) is 0.183. The smallest absolute Gasteiger partial charge is 0.277 e. The van der Waals surface area contributed by atoms with Crippen LogP contribution >= 0.6 is 11.3 Å². The zero-order valence-electron chi connectivity index (χ0n) is 12.2. The van der Waals surface area contributed by atoms with Crippen LogP contribution in [-0.2, 0) is 9.59 Å². The van der Waals surface area contributed by atoms with Gasteiger partial charge in [-0.05, 0) is 23.6 Å². The van der Waals surface area contributed by atoms with Gasteiger partial charge in [-0.3, -0.25) is 14.5 Å². The summed E-state index contributed by atoms with van der Waals surface area (Å²) in [6, 6.07) is 8.97. The maximum Gasteiger partial charge on any atom is 0.277 e. The van der Waals surface area contributed by atoms with Gasteiger partial charge in [0.1, 0.15) is 5.70 Å². The van der Waals surface area contributed by atoms with Gasteiger partial charge in [0.05, 0.1) is 5.57 Å². The number of hydrogen-bond donors (Lipinski definition) is 1. The van der Waals surface area contributed by atoms with Gasteiger partial charge >= 0.3 is 0 Å². The third kappa shape index (κ3) is 2.17. The van der Waals surface area contributed by atoms with Gasteiger partial charge in [-0.2, -0.15) is 0 Å². The number of rotatable bonds is 3. The summed E-state index contributed by atoms with van der Waals surface area (Å²) in [4.78, 5) is 26.6. The van der Waals surface area contributed by atoms with E-state index in [4.69, 9.17) is 9.47 Å². The third-order valence-electron chi connectivity index (χ3n) is 3.70. The first-order valence-corrected chi connectivity index (χ1v) is 7.80. The number of carbonyl (C=O) groups is 2. The minimum absolute atomic E-state index is 0.183. The third-order valence-corrected chi connectivity index (χ3v) is 4.58. The Bertz CT molecular complexity index is 842. The molecule has 0 spiro atoms. The Kier molecular flexibility index (Phi) is 3.09. The predicted octanol–water partition coefficient (Wildman–Crippen LogP) is 2.30. The number of imide groups is 1. The fraction of sp³-hybridized carbons (Fsp3) is 0.125. The summed E-state index contributed by atoms with van der Waals surface area (Å²) in [6.07, 6.45) is 0. The van der Waals surface area contributed by atoms with Crippen molar-refractivity contribution in [2.24, 2.45) is 0 Å². The van der Waals surface area contributed by atoms with E-state index in [1.165, 1.54) is 18.4 Å². The van der Waals surface area contributed by atoms with E-state index in [0.29, 0.717) is 22.8 Å². The highest BCUT2D eigenvalue weighted by Gasteiger charge is 2.37. The van der Waals surface area contributed by atoms with Crippen molar-refractivity contribution in [1.29, 1.82) is 0 Å². The van der Waals surface area contributed by atoms with Crippen molar-refractivity contribution in [2.45, 2.75) is 0 Å². The molecule has 0 radical (unpaired) electrons. The lowest BCUT2D eigenvalue weighted by molar-refractivity contribution is -0.135. The van der Waals surface area contributed by atoms with Crippen LogP contribution in [0.5, 0.6) is 11.5 Å². The molecule has 23 heavy (non-hydrogen) atoms. The maximum absolute atomic E-state index is 12.4. The highest BCUT2D eigenvalue weighted by molar-refractivity contribution is 7.11. The fourth-order valence-electron chi connectivity index (χ4n) is 2.53. The van der Waals surface area contributed by atoms with Crippen molar-refractivity contribution in [1.82, 2.24) is 4.90 Å². The number of nitrogens with one attached hydrogen (secondary N) is 1. The van der Waals surface area contributed by atoms with E-state index in [9.17, 15) is 9.59 Å². The summed E-state index contributed by atoms with van der Waals surface area (Å²) in [7, 11) is 1.48. The van der Waals surface area contributed by atoms with Gasteiger partial charge in [-0.25, -0.2) is 0 Å². The molecule has 3 heterocycles. The molecule has 2 amide bonds. The van der Waals surface area contributed by atoms with E-state index in [0.717, 1.165) is 9.78 Å². The molecule has 6 nitrogen and oxygen atoms in total. The molecule has 7 heteroatoms. The van der Waals surface area contributed by atoms with Crippen LogP contribution in [0.15, 0.2) is 41.4 Å². The SMILES string of the molecule is CN1C(=O)C(Nc2ccc3c(c2)OCO3)=C(c2cccs2)C1=O. The van der Waals surface area contributed by atoms with Gasteiger partial charge in [-0.15, -0.1) is 11.3 Å². The van der Waals surface area contributed by atoms with Crippen LogP contribution in [0.25, 0.3) is 5.57 Å². The van der Waals surface area contributed by atoms with E-state index in [1.807, 2.05) is 17.5 Å². The van der Waals surface area contributed by atoms with Gasteiger partial charge in [0.15, 0.2) is 11.5 Å². The number of nitrogens with zero attached hydrogens (tertiary/aromatic N) is 1. The van der Waals surface area contributed by atoms with Crippen LogP contribution in [0, 0.1) is 0 Å². The normalized spacial score (nSPS) is 16.5. The lowest BCUT2D eigenvalue weighted by atomic mass is 10.2. The first-order valence-electron chi connectivity index (χ1n) is 6.92. The summed E-state index contributed by atoms with van der Waals surface area (Å²) >= 11 is 1.42. The van der Waals surface area contributed by atoms with Gasteiger partial charge in [0.25, 0.3) is 11.8 Å². The minimum Gasteiger partial charge on any atom is -0.454 e. The van der Waals surface area contributed by atoms with Gasteiger partial charge in [0.2, 0.25) is 6.79 Å². The second-order valence-corrected chi connectivity index (χ2v) is 6.04. The number of hydrogen-bond acceptors (Lipinski definition) is 6. The monoisotopic (exact) mass is 328 g/mol. The van der Waals surface area contributed by atoms with E-state index in [2.05, 4.69) is 5.32 Å². The molecule has 2 aromatic rings. The number of ether oxygens (including phenoxy) is 2. The maximum atomic E-state index is 12.4. The van der Waals surface area contributed by atoms with Crippen molar-refractivity contribution in [2.75, 3.05) is 19.2 Å². The first kappa shape index (κ1) is 13.8. The lowest BCUT2D eigenvalue weighted by Gasteiger charge is -2.09. The molecule has 0 aliphatic carbocycles. The van der Waals surface area contributed by atoms with Crippen LogP contribution in [-0.4, -0.2) is 30.6 Å². The fourth-order valence-corrected chi connectivity index (χ4v) is 3.29. The van der Waals surface area contributed by atoms with Crippen molar-refractivity contribution in [3.63, 3.8) is 0 Å². The minimum atomic E-state index is -0.351. The van der Waals surface area contributed by atoms with Crippen LogP contribution in [0.3, 0.4) is 0 Å². The second-order valence-electron chi connectivity index (χ2n) is 5.09. The zero-order chi connectivity index (χ0) is 16.0. The second kappa shape index (κ2) is 5.13. The van der Waals surface area contributed by atoms with Gasteiger partial charge in [-0.1, -0.05) is 6.07 Å². The standard InChI is InChI=1S/C16H12N2O4S/c1-18-15(19)13(12-3-2-6-23-12)14(16(18)20)17-9-4-5-10-11(7-9)22-8-21-10/h2-7,17H,8H2,1H3. The van der Waals surface area contributed by atoms with Gasteiger partial charge in [0, 0.05) is 23.7 Å². The summed E-state index contributed by atoms with van der Waals surface area (Å²) in [5.74, 6) is 0.615. The molecule has 0 saturated carbocycles. The number of anilines is 1. The molecule has 0 fully saturated rings. The number of likely N-dealkylation sites (N-methyl/N-ethyl adjacent to an activating group) is 1. The molecule has 2 aliphatic rings. The Morgan fingerprint density at radius 2 is 1.96 bits per heavy atom. The summed E-state index contributed by atoms with van der Waals surface area (Å²) < 4.78 is 10.6. The van der Waals surface area contributed by atoms with Crippen molar-refractivity contribution in [3.05, 3.63) is 46.3 Å². The van der Waals surface area contributed by atoms with Crippen molar-refractivity contribution < 1.29 is 19.1 Å². The van der Waals surface area contributed by atoms with Gasteiger partial charge < -0.3 is 14.8 Å². The largest absolute Gasteiger partial charge is 0.454 e. The van der Waals surface area contributed by atoms with Crippen LogP contribution in [0.1, 0.15) is 4.88 Å². The summed E-state index contributed by atoms with van der Waals surface area (Å²) in [5, 5.41) is 4.93. The number of carbonyl (C=O) groups excluding carboxylic acids is 2. The molecule has 2 aliphatic heterocycles. The Labute approximate surface area is 135 Å². The highest BCUT2D eigenvalue weighted by Crippen LogP contribution is 2.36. The number of fused-ring (bicyclic) bond motifs is 1. The average Bonchev–Trinajstić information content (AvgIpc) is 3.26. The van der Waals surface area contributed by atoms with E-state index >= 15 is 0 Å². The van der Waals surface area contributed by atoms with E-state index in [-0.39, 0.29) is 24.3 Å². The first-order chi connectivity index (χ1) is 11.1. The van der Waals surface area contributed by atoms with Crippen LogP contribution < -0.4 is 14.8 Å². The number of thiophene rings is 1. The zero-order valence-corrected chi connectivity index (χ0v) is 13.0. The molecule has 1 aromatic heterocycles. The topological polar surface area (TPSA) is 67.9 Å². The molecule has 0 saturated heterocycles. The Hall–Kier alpha value is -2.80. The predicted molar refractivity (Wildman–Crippen MR) is 85.2 cm³/mol. The van der Waals surface area contributed by atoms with Crippen LogP contribution in [0.4, 0.5) is 5.69 Å². The lowest BCUT2D eigenvalue weighted by Crippen LogP contribution is -2.27. The molecule has 0 bridgehead atoms. The van der Waals surface area contributed by atoms with E-state index < -0.39 is 0 Å². The molecule has 116 valence electrons. The average molecular weight is 328 g/mol. The Morgan fingerprint density at radius 3 is 2.74 bits per heavy atom.